The van der Waals surface area contributed by atoms with E-state index in [4.69, 9.17) is 0 Å². The van der Waals surface area contributed by atoms with Gasteiger partial charge in [-0.2, -0.15) is 0 Å². The van der Waals surface area contributed by atoms with Crippen molar-refractivity contribution in [3.8, 4) is 0 Å². The minimum absolute atomic E-state index is 0.0704. The van der Waals surface area contributed by atoms with Crippen LogP contribution in [0.1, 0.15) is 28.4 Å². The molecule has 3 rings (SSSR count). The highest BCUT2D eigenvalue weighted by molar-refractivity contribution is 8.00. The van der Waals surface area contributed by atoms with Crippen LogP contribution in [-0.4, -0.2) is 26.9 Å². The Kier molecular flexibility index (Phi) is 5.27. The molecule has 1 unspecified atom stereocenters. The summed E-state index contributed by atoms with van der Waals surface area (Å²) in [5, 5.41) is 6.30. The lowest BCUT2D eigenvalue weighted by Gasteiger charge is -2.08. The molecular weight excluding hydrogens is 362 g/mol. The van der Waals surface area contributed by atoms with E-state index in [9.17, 15) is 9.59 Å². The van der Waals surface area contributed by atoms with Crippen LogP contribution in [0.25, 0.3) is 10.2 Å². The average Bonchev–Trinajstić information content (AvgIpc) is 3.21. The third kappa shape index (κ3) is 3.82. The lowest BCUT2D eigenvalue weighted by atomic mass is 10.2. The SMILES string of the molecule is CC(=O)NCc1ccc(C(=O)C(C)Sc2ncnc3sccc23)s1. The van der Waals surface area contributed by atoms with Crippen LogP contribution in [0, 0.1) is 0 Å². The molecule has 0 saturated heterocycles. The number of amides is 1. The zero-order chi connectivity index (χ0) is 17.1. The smallest absolute Gasteiger partial charge is 0.217 e. The maximum atomic E-state index is 12.6. The van der Waals surface area contributed by atoms with Crippen molar-refractivity contribution in [2.45, 2.75) is 30.7 Å². The second-order valence-corrected chi connectivity index (χ2v) is 8.51. The minimum atomic E-state index is -0.240. The van der Waals surface area contributed by atoms with E-state index in [1.807, 2.05) is 30.5 Å². The molecule has 0 saturated carbocycles. The summed E-state index contributed by atoms with van der Waals surface area (Å²) in [4.78, 5) is 34.7. The molecule has 0 aliphatic heterocycles. The van der Waals surface area contributed by atoms with Gasteiger partial charge in [-0.25, -0.2) is 9.97 Å². The van der Waals surface area contributed by atoms with E-state index >= 15 is 0 Å². The third-order valence-corrected chi connectivity index (χ3v) is 6.34. The normalized spacial score (nSPS) is 12.2. The molecule has 3 aromatic rings. The van der Waals surface area contributed by atoms with Crippen molar-refractivity contribution in [3.63, 3.8) is 0 Å². The van der Waals surface area contributed by atoms with Gasteiger partial charge in [0.2, 0.25) is 5.91 Å². The number of rotatable bonds is 6. The summed E-state index contributed by atoms with van der Waals surface area (Å²) in [6, 6.07) is 5.69. The number of thiophene rings is 2. The zero-order valence-corrected chi connectivity index (χ0v) is 15.6. The quantitative estimate of drug-likeness (QED) is 0.402. The minimum Gasteiger partial charge on any atom is -0.351 e. The molecule has 0 aliphatic rings. The zero-order valence-electron chi connectivity index (χ0n) is 13.1. The molecule has 0 radical (unpaired) electrons. The standard InChI is InChI=1S/C16H15N3O2S3/c1-9(23-16-12-5-6-22-15(12)18-8-19-16)14(21)13-4-3-11(24-13)7-17-10(2)20/h3-6,8-9H,7H2,1-2H3,(H,17,20). The summed E-state index contributed by atoms with van der Waals surface area (Å²) in [6.45, 7) is 3.82. The number of ketones is 1. The fourth-order valence-electron chi connectivity index (χ4n) is 2.10. The Morgan fingerprint density at radius 2 is 2.12 bits per heavy atom. The molecule has 3 heterocycles. The fraction of sp³-hybridized carbons (Fsp3) is 0.250. The van der Waals surface area contributed by atoms with Gasteiger partial charge in [-0.05, 0) is 30.5 Å². The predicted molar refractivity (Wildman–Crippen MR) is 98.9 cm³/mol. The first-order valence-corrected chi connectivity index (χ1v) is 9.84. The first-order valence-electron chi connectivity index (χ1n) is 7.27. The molecule has 1 N–H and O–H groups in total. The summed E-state index contributed by atoms with van der Waals surface area (Å²) >= 11 is 4.43. The summed E-state index contributed by atoms with van der Waals surface area (Å²) in [7, 11) is 0. The second-order valence-electron chi connectivity index (χ2n) is 5.12. The van der Waals surface area contributed by atoms with Gasteiger partial charge in [0.15, 0.2) is 5.78 Å². The van der Waals surface area contributed by atoms with Gasteiger partial charge in [-0.3, -0.25) is 9.59 Å². The Morgan fingerprint density at radius 3 is 2.92 bits per heavy atom. The number of hydrogen-bond acceptors (Lipinski definition) is 7. The molecule has 24 heavy (non-hydrogen) atoms. The molecule has 124 valence electrons. The molecule has 0 aliphatic carbocycles. The van der Waals surface area contributed by atoms with Crippen molar-refractivity contribution < 1.29 is 9.59 Å². The molecule has 3 aromatic heterocycles. The first kappa shape index (κ1) is 17.1. The molecule has 0 fully saturated rings. The van der Waals surface area contributed by atoms with Crippen LogP contribution >= 0.6 is 34.4 Å². The van der Waals surface area contributed by atoms with Gasteiger partial charge < -0.3 is 5.32 Å². The number of aromatic nitrogens is 2. The van der Waals surface area contributed by atoms with E-state index < -0.39 is 0 Å². The van der Waals surface area contributed by atoms with E-state index in [0.717, 1.165) is 20.1 Å². The second kappa shape index (κ2) is 7.42. The number of Topliss-reactive ketones (excluding diaryl/α,β-unsaturated/α-hetero) is 1. The molecule has 5 nitrogen and oxygen atoms in total. The highest BCUT2D eigenvalue weighted by Gasteiger charge is 2.20. The number of fused-ring (bicyclic) bond motifs is 1. The van der Waals surface area contributed by atoms with Crippen molar-refractivity contribution in [2.75, 3.05) is 0 Å². The Balaban J connectivity index is 1.70. The van der Waals surface area contributed by atoms with Gasteiger partial charge >= 0.3 is 0 Å². The van der Waals surface area contributed by atoms with E-state index in [-0.39, 0.29) is 16.9 Å². The predicted octanol–water partition coefficient (Wildman–Crippen LogP) is 3.75. The van der Waals surface area contributed by atoms with Gasteiger partial charge in [-0.1, -0.05) is 11.8 Å². The van der Waals surface area contributed by atoms with Gasteiger partial charge in [0.05, 0.1) is 16.7 Å². The topological polar surface area (TPSA) is 72.0 Å². The number of carbonyl (C=O) groups is 2. The number of nitrogens with zero attached hydrogens (tertiary/aromatic N) is 2. The van der Waals surface area contributed by atoms with E-state index in [0.29, 0.717) is 11.4 Å². The Labute approximate surface area is 151 Å². The molecule has 0 spiro atoms. The van der Waals surface area contributed by atoms with Crippen molar-refractivity contribution >= 4 is 56.3 Å². The maximum absolute atomic E-state index is 12.6. The van der Waals surface area contributed by atoms with Crippen LogP contribution in [0.2, 0.25) is 0 Å². The highest BCUT2D eigenvalue weighted by Crippen LogP contribution is 2.32. The van der Waals surface area contributed by atoms with Crippen LogP contribution in [0.5, 0.6) is 0 Å². The van der Waals surface area contributed by atoms with Crippen molar-refractivity contribution in [1.29, 1.82) is 0 Å². The number of carbonyl (C=O) groups excluding carboxylic acids is 2. The van der Waals surface area contributed by atoms with Gasteiger partial charge in [0, 0.05) is 17.2 Å². The molecular formula is C16H15N3O2S3. The number of hydrogen-bond donors (Lipinski definition) is 1. The first-order chi connectivity index (χ1) is 11.5. The third-order valence-electron chi connectivity index (χ3n) is 3.30. The van der Waals surface area contributed by atoms with Crippen LogP contribution in [0.4, 0.5) is 0 Å². The Morgan fingerprint density at radius 1 is 1.29 bits per heavy atom. The van der Waals surface area contributed by atoms with Gasteiger partial charge in [0.1, 0.15) is 16.2 Å². The van der Waals surface area contributed by atoms with E-state index in [1.54, 1.807) is 11.3 Å². The summed E-state index contributed by atoms with van der Waals surface area (Å²) in [5.41, 5.74) is 0. The Hall–Kier alpha value is -1.77. The summed E-state index contributed by atoms with van der Waals surface area (Å²) in [6.07, 6.45) is 1.54. The monoisotopic (exact) mass is 377 g/mol. The lowest BCUT2D eigenvalue weighted by Crippen LogP contribution is -2.18. The average molecular weight is 378 g/mol. The molecule has 0 aromatic carbocycles. The van der Waals surface area contributed by atoms with E-state index in [2.05, 4.69) is 15.3 Å². The molecule has 8 heteroatoms. The molecule has 1 atom stereocenters. The number of nitrogens with one attached hydrogen (secondary N) is 1. The molecule has 1 amide bonds. The van der Waals surface area contributed by atoms with Crippen LogP contribution in [0.15, 0.2) is 34.9 Å². The van der Waals surface area contributed by atoms with Crippen molar-refractivity contribution in [3.05, 3.63) is 39.7 Å². The van der Waals surface area contributed by atoms with Crippen LogP contribution in [0.3, 0.4) is 0 Å². The highest BCUT2D eigenvalue weighted by atomic mass is 32.2. The van der Waals surface area contributed by atoms with E-state index in [1.165, 1.54) is 36.3 Å². The number of thioether (sulfide) groups is 1. The summed E-state index contributed by atoms with van der Waals surface area (Å²) < 4.78 is 0. The lowest BCUT2D eigenvalue weighted by molar-refractivity contribution is -0.119. The molecule has 0 bridgehead atoms. The van der Waals surface area contributed by atoms with Crippen LogP contribution < -0.4 is 5.32 Å². The maximum Gasteiger partial charge on any atom is 0.217 e. The summed E-state index contributed by atoms with van der Waals surface area (Å²) in [5.74, 6) is -0.00944. The van der Waals surface area contributed by atoms with Crippen molar-refractivity contribution in [1.82, 2.24) is 15.3 Å². The van der Waals surface area contributed by atoms with Crippen molar-refractivity contribution in [2.24, 2.45) is 0 Å². The fourth-order valence-corrected chi connectivity index (χ4v) is 4.92. The Bertz CT molecular complexity index is 887. The van der Waals surface area contributed by atoms with Gasteiger partial charge in [0.25, 0.3) is 0 Å². The largest absolute Gasteiger partial charge is 0.351 e. The van der Waals surface area contributed by atoms with Gasteiger partial charge in [-0.15, -0.1) is 22.7 Å². The van der Waals surface area contributed by atoms with Crippen LogP contribution in [-0.2, 0) is 11.3 Å².